The van der Waals surface area contributed by atoms with Crippen LogP contribution in [0.2, 0.25) is 0 Å². The van der Waals surface area contributed by atoms with Crippen molar-refractivity contribution in [2.75, 3.05) is 20.2 Å². The molecule has 4 nitrogen and oxygen atoms in total. The summed E-state index contributed by atoms with van der Waals surface area (Å²) in [6, 6.07) is 0.286. The Labute approximate surface area is 79.0 Å². The number of carbonyl (C=O) groups is 1. The summed E-state index contributed by atoms with van der Waals surface area (Å²) in [5, 5.41) is 6.03. The van der Waals surface area contributed by atoms with Gasteiger partial charge in [-0.25, -0.2) is 0 Å². The second-order valence-electron chi connectivity index (χ2n) is 3.62. The summed E-state index contributed by atoms with van der Waals surface area (Å²) in [5.74, 6) is -0.0102. The van der Waals surface area contributed by atoms with Crippen LogP contribution >= 0.6 is 0 Å². The number of carbonyl (C=O) groups excluding carboxylic acids is 1. The van der Waals surface area contributed by atoms with Crippen LogP contribution in [0.5, 0.6) is 0 Å². The van der Waals surface area contributed by atoms with Gasteiger partial charge in [0, 0.05) is 20.2 Å². The van der Waals surface area contributed by atoms with E-state index in [1.807, 2.05) is 13.8 Å². The van der Waals surface area contributed by atoms with Crippen LogP contribution in [0.1, 0.15) is 20.3 Å². The third-order valence-electron chi connectivity index (χ3n) is 2.72. The van der Waals surface area contributed by atoms with Gasteiger partial charge >= 0.3 is 0 Å². The number of ether oxygens (including phenoxy) is 1. The molecule has 1 fully saturated rings. The van der Waals surface area contributed by atoms with Crippen molar-refractivity contribution >= 4 is 5.91 Å². The Bertz CT molecular complexity index is 186. The first-order valence-electron chi connectivity index (χ1n) is 4.69. The molecule has 76 valence electrons. The van der Waals surface area contributed by atoms with Crippen LogP contribution in [-0.4, -0.2) is 37.7 Å². The van der Waals surface area contributed by atoms with Crippen LogP contribution in [0.3, 0.4) is 0 Å². The smallest absolute Gasteiger partial charge is 0.252 e. The lowest BCUT2D eigenvalue weighted by molar-refractivity contribution is -0.142. The van der Waals surface area contributed by atoms with Crippen LogP contribution in [-0.2, 0) is 9.53 Å². The van der Waals surface area contributed by atoms with E-state index in [1.165, 1.54) is 0 Å². The molecule has 0 bridgehead atoms. The molecule has 1 rings (SSSR count). The highest BCUT2D eigenvalue weighted by Gasteiger charge is 2.33. The van der Waals surface area contributed by atoms with Crippen LogP contribution in [0.15, 0.2) is 0 Å². The molecule has 1 unspecified atom stereocenters. The van der Waals surface area contributed by atoms with Crippen LogP contribution in [0, 0.1) is 0 Å². The van der Waals surface area contributed by atoms with Gasteiger partial charge in [-0.2, -0.15) is 0 Å². The first-order valence-corrected chi connectivity index (χ1v) is 4.69. The third kappa shape index (κ3) is 2.19. The zero-order chi connectivity index (χ0) is 9.90. The van der Waals surface area contributed by atoms with Gasteiger partial charge in [0.1, 0.15) is 5.60 Å². The monoisotopic (exact) mass is 186 g/mol. The van der Waals surface area contributed by atoms with Gasteiger partial charge in [0.15, 0.2) is 0 Å². The summed E-state index contributed by atoms with van der Waals surface area (Å²) in [4.78, 5) is 11.7. The number of rotatable bonds is 4. The lowest BCUT2D eigenvalue weighted by Gasteiger charge is -2.33. The van der Waals surface area contributed by atoms with Crippen LogP contribution < -0.4 is 10.6 Å². The molecule has 1 atom stereocenters. The summed E-state index contributed by atoms with van der Waals surface area (Å²) in [5.41, 5.74) is -0.671. The Balaban J connectivity index is 2.43. The molecule has 13 heavy (non-hydrogen) atoms. The van der Waals surface area contributed by atoms with E-state index in [0.717, 1.165) is 13.1 Å². The molecule has 0 aromatic heterocycles. The minimum absolute atomic E-state index is 0.0102. The van der Waals surface area contributed by atoms with Gasteiger partial charge in [0.2, 0.25) is 0 Å². The Hall–Kier alpha value is -0.610. The highest BCUT2D eigenvalue weighted by molar-refractivity contribution is 5.85. The normalized spacial score (nSPS) is 21.8. The minimum Gasteiger partial charge on any atom is -0.369 e. The van der Waals surface area contributed by atoms with E-state index in [1.54, 1.807) is 7.11 Å². The zero-order valence-corrected chi connectivity index (χ0v) is 8.52. The second kappa shape index (κ2) is 4.07. The van der Waals surface area contributed by atoms with Gasteiger partial charge in [0.25, 0.3) is 5.91 Å². The van der Waals surface area contributed by atoms with Crippen molar-refractivity contribution in [3.05, 3.63) is 0 Å². The average Bonchev–Trinajstić information content (AvgIpc) is 2.09. The molecule has 1 aliphatic rings. The standard InChI is InChI=1S/C9H18N2O2/c1-4-9(2,13-3)8(12)11-7-5-10-6-7/h7,10H,4-6H2,1-3H3,(H,11,12). The Morgan fingerprint density at radius 1 is 1.69 bits per heavy atom. The summed E-state index contributed by atoms with van der Waals surface area (Å²) >= 11 is 0. The highest BCUT2D eigenvalue weighted by atomic mass is 16.5. The quantitative estimate of drug-likeness (QED) is 0.644. The first kappa shape index (κ1) is 10.5. The maximum Gasteiger partial charge on any atom is 0.252 e. The number of methoxy groups -OCH3 is 1. The molecule has 0 aliphatic carbocycles. The first-order chi connectivity index (χ1) is 6.12. The third-order valence-corrected chi connectivity index (χ3v) is 2.72. The summed E-state index contributed by atoms with van der Waals surface area (Å²) in [6.45, 7) is 5.50. The molecule has 1 heterocycles. The van der Waals surface area contributed by atoms with Crippen molar-refractivity contribution in [3.63, 3.8) is 0 Å². The Kier molecular flexibility index (Phi) is 3.27. The van der Waals surface area contributed by atoms with Crippen LogP contribution in [0.4, 0.5) is 0 Å². The summed E-state index contributed by atoms with van der Waals surface area (Å²) < 4.78 is 5.19. The Morgan fingerprint density at radius 2 is 2.31 bits per heavy atom. The SMILES string of the molecule is CCC(C)(OC)C(=O)NC1CNC1. The molecule has 0 aromatic carbocycles. The molecule has 0 spiro atoms. The lowest BCUT2D eigenvalue weighted by Crippen LogP contribution is -2.60. The van der Waals surface area contributed by atoms with Crippen molar-refractivity contribution in [1.29, 1.82) is 0 Å². The van der Waals surface area contributed by atoms with Crippen molar-refractivity contribution in [2.24, 2.45) is 0 Å². The molecule has 0 radical (unpaired) electrons. The van der Waals surface area contributed by atoms with Crippen LogP contribution in [0.25, 0.3) is 0 Å². The zero-order valence-electron chi connectivity index (χ0n) is 8.52. The fraction of sp³-hybridized carbons (Fsp3) is 0.889. The molecular formula is C9H18N2O2. The minimum atomic E-state index is -0.671. The predicted molar refractivity (Wildman–Crippen MR) is 50.5 cm³/mol. The van der Waals surface area contributed by atoms with Gasteiger partial charge in [0.05, 0.1) is 6.04 Å². The van der Waals surface area contributed by atoms with E-state index >= 15 is 0 Å². The maximum atomic E-state index is 11.7. The second-order valence-corrected chi connectivity index (χ2v) is 3.62. The van der Waals surface area contributed by atoms with Gasteiger partial charge < -0.3 is 15.4 Å². The molecule has 1 amide bonds. The fourth-order valence-electron chi connectivity index (χ4n) is 1.13. The van der Waals surface area contributed by atoms with E-state index in [9.17, 15) is 4.79 Å². The van der Waals surface area contributed by atoms with Crippen molar-refractivity contribution in [1.82, 2.24) is 10.6 Å². The maximum absolute atomic E-state index is 11.7. The highest BCUT2D eigenvalue weighted by Crippen LogP contribution is 2.14. The van der Waals surface area contributed by atoms with Crippen molar-refractivity contribution in [3.8, 4) is 0 Å². The number of amides is 1. The summed E-state index contributed by atoms with van der Waals surface area (Å²) in [6.07, 6.45) is 0.690. The largest absolute Gasteiger partial charge is 0.369 e. The molecular weight excluding hydrogens is 168 g/mol. The van der Waals surface area contributed by atoms with E-state index in [-0.39, 0.29) is 11.9 Å². The predicted octanol–water partition coefficient (Wildman–Crippen LogP) is -0.110. The van der Waals surface area contributed by atoms with Gasteiger partial charge in [-0.15, -0.1) is 0 Å². The molecule has 2 N–H and O–H groups in total. The van der Waals surface area contributed by atoms with E-state index < -0.39 is 5.60 Å². The van der Waals surface area contributed by atoms with Crippen molar-refractivity contribution < 1.29 is 9.53 Å². The summed E-state index contributed by atoms with van der Waals surface area (Å²) in [7, 11) is 1.57. The number of hydrogen-bond acceptors (Lipinski definition) is 3. The van der Waals surface area contributed by atoms with Gasteiger partial charge in [-0.05, 0) is 13.3 Å². The molecule has 0 saturated carbocycles. The van der Waals surface area contributed by atoms with Gasteiger partial charge in [-0.3, -0.25) is 4.79 Å². The topological polar surface area (TPSA) is 50.4 Å². The molecule has 0 aromatic rings. The van der Waals surface area contributed by atoms with Gasteiger partial charge in [-0.1, -0.05) is 6.92 Å². The fourth-order valence-corrected chi connectivity index (χ4v) is 1.13. The van der Waals surface area contributed by atoms with Crippen molar-refractivity contribution in [2.45, 2.75) is 31.9 Å². The van der Waals surface area contributed by atoms with E-state index in [0.29, 0.717) is 6.42 Å². The van der Waals surface area contributed by atoms with E-state index in [4.69, 9.17) is 4.74 Å². The number of nitrogens with one attached hydrogen (secondary N) is 2. The molecule has 1 aliphatic heterocycles. The molecule has 4 heteroatoms. The lowest BCUT2D eigenvalue weighted by atomic mass is 10.0. The average molecular weight is 186 g/mol. The Morgan fingerprint density at radius 3 is 2.62 bits per heavy atom. The molecule has 1 saturated heterocycles. The van der Waals surface area contributed by atoms with E-state index in [2.05, 4.69) is 10.6 Å². The number of hydrogen-bond donors (Lipinski definition) is 2.